The zero-order valence-corrected chi connectivity index (χ0v) is 17.3. The summed E-state index contributed by atoms with van der Waals surface area (Å²) in [6.45, 7) is 2.29. The van der Waals surface area contributed by atoms with Crippen LogP contribution in [0.3, 0.4) is 0 Å². The molecule has 3 aromatic carbocycles. The normalized spacial score (nSPS) is 10.8. The van der Waals surface area contributed by atoms with Crippen LogP contribution >= 0.6 is 15.9 Å². The number of amides is 1. The molecule has 4 aromatic rings. The lowest BCUT2D eigenvalue weighted by Crippen LogP contribution is -2.31. The van der Waals surface area contributed by atoms with Crippen LogP contribution < -0.4 is 10.9 Å². The second kappa shape index (κ2) is 8.01. The van der Waals surface area contributed by atoms with Crippen molar-refractivity contribution in [2.75, 3.05) is 5.32 Å². The highest BCUT2D eigenvalue weighted by Gasteiger charge is 2.18. The Balaban J connectivity index is 1.78. The van der Waals surface area contributed by atoms with Crippen molar-refractivity contribution in [3.63, 3.8) is 0 Å². The molecule has 0 aliphatic rings. The fourth-order valence-electron chi connectivity index (χ4n) is 3.18. The van der Waals surface area contributed by atoms with Crippen LogP contribution in [0.4, 0.5) is 5.69 Å². The molecule has 0 aliphatic carbocycles. The molecular formula is C23H18BrN3O2. The summed E-state index contributed by atoms with van der Waals surface area (Å²) in [6.07, 6.45) is 0. The Kier molecular flexibility index (Phi) is 5.27. The predicted molar refractivity (Wildman–Crippen MR) is 118 cm³/mol. The van der Waals surface area contributed by atoms with Gasteiger partial charge >= 0.3 is 0 Å². The van der Waals surface area contributed by atoms with E-state index in [9.17, 15) is 9.59 Å². The number of halogens is 1. The van der Waals surface area contributed by atoms with Crippen LogP contribution in [0, 0.1) is 6.92 Å². The molecule has 0 bridgehead atoms. The highest BCUT2D eigenvalue weighted by atomic mass is 79.9. The van der Waals surface area contributed by atoms with Gasteiger partial charge in [-0.1, -0.05) is 58.4 Å². The minimum absolute atomic E-state index is 0.125. The molecule has 0 atom stereocenters. The third kappa shape index (κ3) is 3.98. The summed E-state index contributed by atoms with van der Waals surface area (Å²) in [7, 11) is 0. The molecule has 1 N–H and O–H groups in total. The summed E-state index contributed by atoms with van der Waals surface area (Å²) in [5, 5.41) is 2.79. The zero-order valence-electron chi connectivity index (χ0n) is 15.7. The van der Waals surface area contributed by atoms with Crippen LogP contribution in [0.25, 0.3) is 11.0 Å². The maximum absolute atomic E-state index is 13.2. The lowest BCUT2D eigenvalue weighted by Gasteiger charge is -2.13. The van der Waals surface area contributed by atoms with E-state index in [1.807, 2.05) is 67.6 Å². The highest BCUT2D eigenvalue weighted by Crippen LogP contribution is 2.20. The Morgan fingerprint density at radius 2 is 1.76 bits per heavy atom. The van der Waals surface area contributed by atoms with Gasteiger partial charge in [0.2, 0.25) is 0 Å². The topological polar surface area (TPSA) is 64.0 Å². The van der Waals surface area contributed by atoms with Gasteiger partial charge in [0, 0.05) is 10.2 Å². The number of hydrogen-bond donors (Lipinski definition) is 1. The molecule has 0 spiro atoms. The van der Waals surface area contributed by atoms with E-state index in [1.165, 1.54) is 0 Å². The van der Waals surface area contributed by atoms with Gasteiger partial charge in [-0.05, 0) is 48.4 Å². The van der Waals surface area contributed by atoms with E-state index < -0.39 is 11.5 Å². The smallest absolute Gasteiger partial charge is 0.283 e. The van der Waals surface area contributed by atoms with E-state index in [1.54, 1.807) is 16.7 Å². The Bertz CT molecular complexity index is 1270. The van der Waals surface area contributed by atoms with Gasteiger partial charge in [0.05, 0.1) is 17.6 Å². The number of para-hydroxylation sites is 2. The molecule has 0 saturated heterocycles. The van der Waals surface area contributed by atoms with Crippen molar-refractivity contribution < 1.29 is 4.79 Å². The first-order valence-corrected chi connectivity index (χ1v) is 9.93. The lowest BCUT2D eigenvalue weighted by molar-refractivity contribution is 0.102. The molecule has 144 valence electrons. The van der Waals surface area contributed by atoms with E-state index in [2.05, 4.69) is 26.2 Å². The van der Waals surface area contributed by atoms with Crippen molar-refractivity contribution in [2.45, 2.75) is 13.5 Å². The molecule has 0 aliphatic heterocycles. The molecule has 0 saturated carbocycles. The van der Waals surface area contributed by atoms with Crippen molar-refractivity contribution in [1.82, 2.24) is 9.55 Å². The van der Waals surface area contributed by atoms with E-state index in [0.29, 0.717) is 23.3 Å². The number of carbonyl (C=O) groups is 1. The monoisotopic (exact) mass is 447 g/mol. The average Bonchev–Trinajstić information content (AvgIpc) is 2.73. The number of aromatic nitrogens is 2. The molecule has 5 nitrogen and oxygen atoms in total. The molecule has 6 heteroatoms. The van der Waals surface area contributed by atoms with Crippen molar-refractivity contribution >= 4 is 38.6 Å². The van der Waals surface area contributed by atoms with Crippen LogP contribution in [0.2, 0.25) is 0 Å². The summed E-state index contributed by atoms with van der Waals surface area (Å²) >= 11 is 3.44. The highest BCUT2D eigenvalue weighted by molar-refractivity contribution is 9.10. The molecule has 1 amide bonds. The minimum atomic E-state index is -0.524. The SMILES string of the molecule is Cc1cc(NC(=O)c2nc3ccccc3n(Cc3ccccc3)c2=O)ccc1Br. The van der Waals surface area contributed by atoms with E-state index in [4.69, 9.17) is 0 Å². The molecule has 29 heavy (non-hydrogen) atoms. The predicted octanol–water partition coefficient (Wildman–Crippen LogP) is 4.77. The zero-order chi connectivity index (χ0) is 20.4. The fraction of sp³-hybridized carbons (Fsp3) is 0.0870. The molecule has 0 fully saturated rings. The van der Waals surface area contributed by atoms with Crippen LogP contribution in [0.15, 0.2) is 82.1 Å². The lowest BCUT2D eigenvalue weighted by atomic mass is 10.2. The van der Waals surface area contributed by atoms with Crippen molar-refractivity contribution in [2.24, 2.45) is 0 Å². The number of hydrogen-bond acceptors (Lipinski definition) is 3. The van der Waals surface area contributed by atoms with Gasteiger partial charge in [0.15, 0.2) is 5.69 Å². The van der Waals surface area contributed by atoms with Gasteiger partial charge in [-0.3, -0.25) is 9.59 Å². The molecule has 1 aromatic heterocycles. The summed E-state index contributed by atoms with van der Waals surface area (Å²) in [5.41, 5.74) is 3.31. The van der Waals surface area contributed by atoms with Crippen LogP contribution in [-0.4, -0.2) is 15.5 Å². The summed E-state index contributed by atoms with van der Waals surface area (Å²) in [4.78, 5) is 30.4. The third-order valence-electron chi connectivity index (χ3n) is 4.67. The van der Waals surface area contributed by atoms with Crippen LogP contribution in [0.5, 0.6) is 0 Å². The quantitative estimate of drug-likeness (QED) is 0.489. The Hall–Kier alpha value is -3.25. The second-order valence-electron chi connectivity index (χ2n) is 6.74. The van der Waals surface area contributed by atoms with E-state index in [-0.39, 0.29) is 5.69 Å². The number of anilines is 1. The van der Waals surface area contributed by atoms with Gasteiger partial charge in [0.1, 0.15) is 0 Å². The maximum Gasteiger partial charge on any atom is 0.283 e. The standard InChI is InChI=1S/C23H18BrN3O2/c1-15-13-17(11-12-18(15)24)25-22(28)21-23(29)27(14-16-7-3-2-4-8-16)20-10-6-5-9-19(20)26-21/h2-13H,14H2,1H3,(H,25,28). The van der Waals surface area contributed by atoms with E-state index in [0.717, 1.165) is 15.6 Å². The minimum Gasteiger partial charge on any atom is -0.320 e. The van der Waals surface area contributed by atoms with E-state index >= 15 is 0 Å². The average molecular weight is 448 g/mol. The summed E-state index contributed by atoms with van der Waals surface area (Å²) < 4.78 is 2.55. The Morgan fingerprint density at radius 1 is 1.03 bits per heavy atom. The van der Waals surface area contributed by atoms with Crippen molar-refractivity contribution in [3.05, 3.63) is 104 Å². The number of rotatable bonds is 4. The number of carbonyl (C=O) groups excluding carboxylic acids is 1. The van der Waals surface area contributed by atoms with Gasteiger partial charge in [0.25, 0.3) is 11.5 Å². The molecule has 0 radical (unpaired) electrons. The summed E-state index contributed by atoms with van der Waals surface area (Å²) in [6, 6.07) is 22.5. The first-order chi connectivity index (χ1) is 14.0. The number of nitrogens with one attached hydrogen (secondary N) is 1. The molecular weight excluding hydrogens is 430 g/mol. The Labute approximate surface area is 176 Å². The summed E-state index contributed by atoms with van der Waals surface area (Å²) in [5.74, 6) is -0.524. The number of fused-ring (bicyclic) bond motifs is 1. The number of nitrogens with zero attached hydrogens (tertiary/aromatic N) is 2. The molecule has 1 heterocycles. The van der Waals surface area contributed by atoms with Gasteiger partial charge in [-0.15, -0.1) is 0 Å². The molecule has 0 unspecified atom stereocenters. The van der Waals surface area contributed by atoms with Crippen LogP contribution in [0.1, 0.15) is 21.6 Å². The van der Waals surface area contributed by atoms with Gasteiger partial charge in [-0.2, -0.15) is 0 Å². The number of aryl methyl sites for hydroxylation is 1. The van der Waals surface area contributed by atoms with Gasteiger partial charge in [-0.25, -0.2) is 4.98 Å². The third-order valence-corrected chi connectivity index (χ3v) is 5.56. The van der Waals surface area contributed by atoms with Gasteiger partial charge < -0.3 is 9.88 Å². The second-order valence-corrected chi connectivity index (χ2v) is 7.60. The first kappa shape index (κ1) is 19.1. The molecule has 4 rings (SSSR count). The first-order valence-electron chi connectivity index (χ1n) is 9.14. The van der Waals surface area contributed by atoms with Crippen molar-refractivity contribution in [1.29, 1.82) is 0 Å². The number of benzene rings is 3. The fourth-order valence-corrected chi connectivity index (χ4v) is 3.42. The van der Waals surface area contributed by atoms with Crippen LogP contribution in [-0.2, 0) is 6.54 Å². The van der Waals surface area contributed by atoms with Crippen molar-refractivity contribution in [3.8, 4) is 0 Å². The largest absolute Gasteiger partial charge is 0.320 e. The maximum atomic E-state index is 13.2. The Morgan fingerprint density at radius 3 is 2.52 bits per heavy atom.